The second-order valence-electron chi connectivity index (χ2n) is 7.20. The number of methoxy groups -OCH3 is 1. The largest absolute Gasteiger partial charge is 0.474 e. The summed E-state index contributed by atoms with van der Waals surface area (Å²) in [7, 11) is 1.70. The number of rotatable bonds is 4. The van der Waals surface area contributed by atoms with Crippen molar-refractivity contribution in [2.24, 2.45) is 0 Å². The van der Waals surface area contributed by atoms with E-state index in [1.54, 1.807) is 30.3 Å². The van der Waals surface area contributed by atoms with Crippen molar-refractivity contribution in [3.05, 3.63) is 60.0 Å². The number of carbonyl (C=O) groups is 1. The first-order valence-electron chi connectivity index (χ1n) is 9.31. The van der Waals surface area contributed by atoms with Crippen LogP contribution in [0, 0.1) is 5.82 Å². The Morgan fingerprint density at radius 1 is 1.22 bits per heavy atom. The normalized spacial score (nSPS) is 27.3. The van der Waals surface area contributed by atoms with E-state index in [9.17, 15) is 9.18 Å². The molecule has 5 nitrogen and oxygen atoms in total. The van der Waals surface area contributed by atoms with Crippen molar-refractivity contribution in [2.75, 3.05) is 13.7 Å². The van der Waals surface area contributed by atoms with Crippen LogP contribution in [0.15, 0.2) is 48.7 Å². The molecule has 0 spiro atoms. The minimum absolute atomic E-state index is 0.0535. The fourth-order valence-corrected chi connectivity index (χ4v) is 4.39. The Balaban J connectivity index is 1.56. The van der Waals surface area contributed by atoms with E-state index in [0.29, 0.717) is 18.8 Å². The zero-order chi connectivity index (χ0) is 18.9. The molecule has 1 aromatic carbocycles. The van der Waals surface area contributed by atoms with Crippen LogP contribution in [0.3, 0.4) is 0 Å². The molecule has 1 aliphatic carbocycles. The molecule has 2 heterocycles. The predicted molar refractivity (Wildman–Crippen MR) is 98.1 cm³/mol. The number of aromatic nitrogens is 1. The van der Waals surface area contributed by atoms with E-state index in [0.717, 1.165) is 19.3 Å². The zero-order valence-electron chi connectivity index (χ0n) is 15.3. The van der Waals surface area contributed by atoms with E-state index in [2.05, 4.69) is 4.98 Å². The second kappa shape index (κ2) is 7.27. The highest BCUT2D eigenvalue weighted by atomic mass is 19.1. The van der Waals surface area contributed by atoms with Gasteiger partial charge in [0.2, 0.25) is 5.88 Å². The number of hydrogen-bond donors (Lipinski definition) is 0. The summed E-state index contributed by atoms with van der Waals surface area (Å²) in [6.45, 7) is 0.558. The average Bonchev–Trinajstić information content (AvgIpc) is 3.08. The van der Waals surface area contributed by atoms with Crippen molar-refractivity contribution in [2.45, 2.75) is 43.4 Å². The lowest BCUT2D eigenvalue weighted by Crippen LogP contribution is -2.53. The average molecular weight is 370 g/mol. The lowest BCUT2D eigenvalue weighted by Gasteiger charge is -2.43. The zero-order valence-corrected chi connectivity index (χ0v) is 15.3. The summed E-state index contributed by atoms with van der Waals surface area (Å²) in [5, 5.41) is 0. The third kappa shape index (κ3) is 3.30. The highest BCUT2D eigenvalue weighted by Crippen LogP contribution is 2.43. The number of nitrogens with zero attached hydrogens (tertiary/aromatic N) is 2. The SMILES string of the molecule is CO[C@@]12CC[C@@H](Oc3ccccn3)C[C@@H]1N(C(=O)c1ccccc1F)CC2. The molecule has 2 fully saturated rings. The third-order valence-electron chi connectivity index (χ3n) is 5.83. The van der Waals surface area contributed by atoms with Gasteiger partial charge in [0.15, 0.2) is 0 Å². The number of halogens is 1. The Morgan fingerprint density at radius 3 is 2.78 bits per heavy atom. The van der Waals surface area contributed by atoms with E-state index >= 15 is 0 Å². The van der Waals surface area contributed by atoms with Crippen LogP contribution in [-0.4, -0.2) is 47.2 Å². The Hall–Kier alpha value is -2.47. The summed E-state index contributed by atoms with van der Waals surface area (Å²) in [5.74, 6) is -0.192. The highest BCUT2D eigenvalue weighted by Gasteiger charge is 2.53. The van der Waals surface area contributed by atoms with Gasteiger partial charge in [-0.15, -0.1) is 0 Å². The number of hydrogen-bond acceptors (Lipinski definition) is 4. The predicted octanol–water partition coefficient (Wildman–Crippen LogP) is 3.45. The van der Waals surface area contributed by atoms with Crippen molar-refractivity contribution in [1.82, 2.24) is 9.88 Å². The van der Waals surface area contributed by atoms with E-state index in [1.165, 1.54) is 12.1 Å². The minimum Gasteiger partial charge on any atom is -0.474 e. The summed E-state index contributed by atoms with van der Waals surface area (Å²) in [6.07, 6.45) is 4.67. The van der Waals surface area contributed by atoms with Gasteiger partial charge in [-0.3, -0.25) is 4.79 Å². The fourth-order valence-electron chi connectivity index (χ4n) is 4.39. The van der Waals surface area contributed by atoms with Gasteiger partial charge in [-0.25, -0.2) is 9.37 Å². The van der Waals surface area contributed by atoms with Crippen LogP contribution in [0.2, 0.25) is 0 Å². The van der Waals surface area contributed by atoms with Gasteiger partial charge in [0, 0.05) is 32.3 Å². The topological polar surface area (TPSA) is 51.7 Å². The molecular formula is C21H23FN2O3. The van der Waals surface area contributed by atoms with Gasteiger partial charge in [0.1, 0.15) is 11.9 Å². The number of likely N-dealkylation sites (tertiary alicyclic amines) is 1. The third-order valence-corrected chi connectivity index (χ3v) is 5.83. The molecule has 4 rings (SSSR count). The summed E-state index contributed by atoms with van der Waals surface area (Å²) < 4.78 is 26.1. The molecule has 0 unspecified atom stereocenters. The Labute approximate surface area is 158 Å². The Morgan fingerprint density at radius 2 is 2.04 bits per heavy atom. The van der Waals surface area contributed by atoms with Gasteiger partial charge < -0.3 is 14.4 Å². The van der Waals surface area contributed by atoms with Crippen molar-refractivity contribution in [3.63, 3.8) is 0 Å². The molecule has 1 aromatic heterocycles. The van der Waals surface area contributed by atoms with Crippen LogP contribution in [0.25, 0.3) is 0 Å². The minimum atomic E-state index is -0.491. The first kappa shape index (κ1) is 17.9. The van der Waals surface area contributed by atoms with Gasteiger partial charge in [-0.1, -0.05) is 18.2 Å². The summed E-state index contributed by atoms with van der Waals surface area (Å²) in [5.41, 5.74) is -0.276. The van der Waals surface area contributed by atoms with Crippen LogP contribution < -0.4 is 4.74 Å². The molecule has 1 aliphatic heterocycles. The Bertz CT molecular complexity index is 816. The molecule has 2 aromatic rings. The Kier molecular flexibility index (Phi) is 4.83. The lowest BCUT2D eigenvalue weighted by atomic mass is 9.79. The van der Waals surface area contributed by atoms with E-state index in [4.69, 9.17) is 9.47 Å². The number of ether oxygens (including phenoxy) is 2. The molecule has 3 atom stereocenters. The van der Waals surface area contributed by atoms with Crippen molar-refractivity contribution < 1.29 is 18.7 Å². The maximum Gasteiger partial charge on any atom is 0.257 e. The number of carbonyl (C=O) groups excluding carboxylic acids is 1. The molecule has 2 aliphatic rings. The maximum absolute atomic E-state index is 14.1. The molecule has 0 radical (unpaired) electrons. The number of benzene rings is 1. The summed E-state index contributed by atoms with van der Waals surface area (Å²) in [4.78, 5) is 19.0. The quantitative estimate of drug-likeness (QED) is 0.827. The van der Waals surface area contributed by atoms with E-state index < -0.39 is 5.82 Å². The van der Waals surface area contributed by atoms with Crippen LogP contribution in [0.5, 0.6) is 5.88 Å². The van der Waals surface area contributed by atoms with Crippen LogP contribution in [-0.2, 0) is 4.74 Å². The molecule has 1 amide bonds. The maximum atomic E-state index is 14.1. The summed E-state index contributed by atoms with van der Waals surface area (Å²) in [6, 6.07) is 11.5. The lowest BCUT2D eigenvalue weighted by molar-refractivity contribution is -0.0788. The monoisotopic (exact) mass is 370 g/mol. The first-order chi connectivity index (χ1) is 13.1. The molecular weight excluding hydrogens is 347 g/mol. The van der Waals surface area contributed by atoms with Gasteiger partial charge >= 0.3 is 0 Å². The number of fused-ring (bicyclic) bond motifs is 1. The van der Waals surface area contributed by atoms with Gasteiger partial charge in [-0.2, -0.15) is 0 Å². The van der Waals surface area contributed by atoms with Crippen molar-refractivity contribution in [3.8, 4) is 5.88 Å². The van der Waals surface area contributed by atoms with Gasteiger partial charge in [-0.05, 0) is 37.5 Å². The molecule has 0 N–H and O–H groups in total. The highest BCUT2D eigenvalue weighted by molar-refractivity contribution is 5.95. The van der Waals surface area contributed by atoms with Crippen LogP contribution in [0.4, 0.5) is 4.39 Å². The van der Waals surface area contributed by atoms with Crippen LogP contribution >= 0.6 is 0 Å². The van der Waals surface area contributed by atoms with Crippen molar-refractivity contribution >= 4 is 5.91 Å². The molecule has 0 bridgehead atoms. The van der Waals surface area contributed by atoms with Gasteiger partial charge in [0.05, 0.1) is 17.2 Å². The molecule has 6 heteroatoms. The number of amides is 1. The van der Waals surface area contributed by atoms with Crippen molar-refractivity contribution in [1.29, 1.82) is 0 Å². The molecule has 27 heavy (non-hydrogen) atoms. The van der Waals surface area contributed by atoms with Crippen LogP contribution in [0.1, 0.15) is 36.0 Å². The van der Waals surface area contributed by atoms with E-state index in [-0.39, 0.29) is 29.2 Å². The first-order valence-corrected chi connectivity index (χ1v) is 9.31. The fraction of sp³-hybridized carbons (Fsp3) is 0.429. The van der Waals surface area contributed by atoms with E-state index in [1.807, 2.05) is 18.2 Å². The summed E-state index contributed by atoms with van der Waals surface area (Å²) >= 11 is 0. The second-order valence-corrected chi connectivity index (χ2v) is 7.20. The molecule has 1 saturated carbocycles. The molecule has 142 valence electrons. The molecule has 1 saturated heterocycles. The standard InChI is InChI=1S/C21H23FN2O3/c1-26-21-10-9-15(27-19-8-4-5-12-23-19)14-18(21)24(13-11-21)20(25)16-6-2-3-7-17(16)22/h2-8,12,15,18H,9-11,13-14H2,1H3/t15-,18+,21-/m1/s1. The number of pyridine rings is 1. The van der Waals surface area contributed by atoms with Gasteiger partial charge in [0.25, 0.3) is 5.91 Å². The smallest absolute Gasteiger partial charge is 0.257 e.